The lowest BCUT2D eigenvalue weighted by molar-refractivity contribution is -0.898. The number of likely N-dealkylation sites (N-methyl/N-ethyl adjacent to an activating group) is 1. The van der Waals surface area contributed by atoms with Gasteiger partial charge in [0, 0.05) is 45.3 Å². The van der Waals surface area contributed by atoms with E-state index in [2.05, 4.69) is 66.2 Å². The average molecular weight is 647 g/mol. The zero-order valence-electron chi connectivity index (χ0n) is 31.8. The van der Waals surface area contributed by atoms with E-state index in [1.54, 1.807) is 4.90 Å². The SMILES string of the molecule is CN1CCCCC1.C[N+]1(C)CCCC1.C[N+]1(C)CCCCC1.C[N+]1(C)CCOCC1.C[NH+]1CCCC1.OCCN1CCOCC1. The van der Waals surface area contributed by atoms with Gasteiger partial charge >= 0.3 is 0 Å². The summed E-state index contributed by atoms with van der Waals surface area (Å²) in [6.45, 7) is 19.9. The van der Waals surface area contributed by atoms with Crippen LogP contribution in [0.2, 0.25) is 0 Å². The fourth-order valence-corrected chi connectivity index (χ4v) is 6.39. The molecule has 0 radical (unpaired) electrons. The van der Waals surface area contributed by atoms with Crippen molar-refractivity contribution < 1.29 is 32.9 Å². The van der Waals surface area contributed by atoms with Crippen molar-refractivity contribution in [1.29, 1.82) is 0 Å². The summed E-state index contributed by atoms with van der Waals surface area (Å²) >= 11 is 0. The summed E-state index contributed by atoms with van der Waals surface area (Å²) in [6.07, 6.45) is 14.4. The molecular weight excluding hydrogens is 564 g/mol. The molecule has 6 aliphatic rings. The Bertz CT molecular complexity index is 627. The normalized spacial score (nSPS) is 26.1. The first-order chi connectivity index (χ1) is 21.3. The summed E-state index contributed by atoms with van der Waals surface area (Å²) in [5.74, 6) is 0. The lowest BCUT2D eigenvalue weighted by Gasteiger charge is -2.33. The number of aliphatic hydroxyl groups is 1. The molecule has 0 aromatic carbocycles. The van der Waals surface area contributed by atoms with Crippen LogP contribution in [0.1, 0.15) is 64.2 Å². The molecular formula is C36H82N6O3+4. The molecule has 9 nitrogen and oxygen atoms in total. The van der Waals surface area contributed by atoms with Gasteiger partial charge in [-0.25, -0.2) is 0 Å². The van der Waals surface area contributed by atoms with Crippen LogP contribution in [0.15, 0.2) is 0 Å². The van der Waals surface area contributed by atoms with E-state index < -0.39 is 0 Å². The number of rotatable bonds is 2. The van der Waals surface area contributed by atoms with Crippen LogP contribution in [-0.4, -0.2) is 203 Å². The molecule has 0 saturated carbocycles. The molecule has 6 saturated heterocycles. The molecule has 9 heteroatoms. The number of quaternary nitrogens is 4. The fourth-order valence-electron chi connectivity index (χ4n) is 6.39. The second kappa shape index (κ2) is 24.7. The van der Waals surface area contributed by atoms with Crippen molar-refractivity contribution in [3.8, 4) is 0 Å². The molecule has 0 unspecified atom stereocenters. The van der Waals surface area contributed by atoms with Gasteiger partial charge in [-0.05, 0) is 52.2 Å². The van der Waals surface area contributed by atoms with Crippen LogP contribution in [0.4, 0.5) is 0 Å². The van der Waals surface area contributed by atoms with Crippen LogP contribution in [0, 0.1) is 0 Å². The Balaban J connectivity index is 0.000000271. The van der Waals surface area contributed by atoms with Gasteiger partial charge in [0.25, 0.3) is 0 Å². The van der Waals surface area contributed by atoms with Crippen LogP contribution in [0.5, 0.6) is 0 Å². The van der Waals surface area contributed by atoms with Gasteiger partial charge in [0.15, 0.2) is 0 Å². The minimum atomic E-state index is 0.264. The molecule has 0 atom stereocenters. The first-order valence-corrected chi connectivity index (χ1v) is 18.8. The van der Waals surface area contributed by atoms with E-state index in [0.717, 1.165) is 50.5 Å². The summed E-state index contributed by atoms with van der Waals surface area (Å²) in [4.78, 5) is 6.29. The number of morpholine rings is 2. The maximum Gasteiger partial charge on any atom is 0.102 e. The average Bonchev–Trinajstić information content (AvgIpc) is 3.65. The zero-order valence-corrected chi connectivity index (χ0v) is 31.8. The maximum absolute atomic E-state index is 8.54. The molecule has 270 valence electrons. The van der Waals surface area contributed by atoms with Crippen LogP contribution in [0.25, 0.3) is 0 Å². The van der Waals surface area contributed by atoms with E-state index in [-0.39, 0.29) is 6.61 Å². The number of hydrogen-bond donors (Lipinski definition) is 2. The summed E-state index contributed by atoms with van der Waals surface area (Å²) in [5, 5.41) is 8.54. The monoisotopic (exact) mass is 647 g/mol. The van der Waals surface area contributed by atoms with Gasteiger partial charge in [0.1, 0.15) is 13.1 Å². The van der Waals surface area contributed by atoms with E-state index in [1.165, 1.54) is 139 Å². The Morgan fingerprint density at radius 1 is 0.533 bits per heavy atom. The molecule has 0 bridgehead atoms. The summed E-state index contributed by atoms with van der Waals surface area (Å²) in [7, 11) is 18.2. The number of nitrogens with one attached hydrogen (secondary N) is 1. The third kappa shape index (κ3) is 25.3. The molecule has 45 heavy (non-hydrogen) atoms. The third-order valence-electron chi connectivity index (χ3n) is 10.0. The number of likely N-dealkylation sites (tertiary alicyclic amines) is 4. The van der Waals surface area contributed by atoms with Crippen molar-refractivity contribution in [2.75, 3.05) is 174 Å². The van der Waals surface area contributed by atoms with Gasteiger partial charge < -0.3 is 37.8 Å². The van der Waals surface area contributed by atoms with Crippen LogP contribution >= 0.6 is 0 Å². The smallest absolute Gasteiger partial charge is 0.102 e. The van der Waals surface area contributed by atoms with Gasteiger partial charge in [-0.2, -0.15) is 0 Å². The summed E-state index contributed by atoms with van der Waals surface area (Å²) < 4.78 is 13.9. The molecule has 6 aliphatic heterocycles. The molecule has 6 rings (SSSR count). The predicted octanol–water partition coefficient (Wildman–Crippen LogP) is 1.90. The zero-order chi connectivity index (χ0) is 33.4. The van der Waals surface area contributed by atoms with E-state index in [1.807, 2.05) is 0 Å². The maximum atomic E-state index is 8.54. The summed E-state index contributed by atoms with van der Waals surface area (Å²) in [5.41, 5.74) is 0. The molecule has 6 fully saturated rings. The quantitative estimate of drug-likeness (QED) is 0.450. The van der Waals surface area contributed by atoms with Crippen LogP contribution < -0.4 is 4.90 Å². The second-order valence-electron chi connectivity index (χ2n) is 16.2. The van der Waals surface area contributed by atoms with Crippen molar-refractivity contribution >= 4 is 0 Å². The van der Waals surface area contributed by atoms with Gasteiger partial charge in [0.2, 0.25) is 0 Å². The molecule has 0 aliphatic carbocycles. The Morgan fingerprint density at radius 3 is 1.22 bits per heavy atom. The van der Waals surface area contributed by atoms with E-state index in [9.17, 15) is 0 Å². The predicted molar refractivity (Wildman–Crippen MR) is 191 cm³/mol. The molecule has 0 amide bonds. The van der Waals surface area contributed by atoms with Crippen molar-refractivity contribution in [2.24, 2.45) is 0 Å². The molecule has 0 aromatic rings. The Morgan fingerprint density at radius 2 is 0.933 bits per heavy atom. The van der Waals surface area contributed by atoms with Crippen LogP contribution in [-0.2, 0) is 9.47 Å². The second-order valence-corrected chi connectivity index (χ2v) is 16.2. The number of hydrogen-bond acceptors (Lipinski definition) is 5. The first kappa shape index (κ1) is 42.7. The van der Waals surface area contributed by atoms with E-state index in [0.29, 0.717) is 0 Å². The molecule has 6 heterocycles. The van der Waals surface area contributed by atoms with Crippen molar-refractivity contribution in [2.45, 2.75) is 64.2 Å². The Kier molecular flexibility index (Phi) is 23.4. The molecule has 0 spiro atoms. The minimum Gasteiger partial charge on any atom is -0.395 e. The van der Waals surface area contributed by atoms with Gasteiger partial charge in [-0.1, -0.05) is 6.42 Å². The number of piperidine rings is 2. The molecule has 0 aromatic heterocycles. The number of ether oxygens (including phenoxy) is 2. The lowest BCUT2D eigenvalue weighted by atomic mass is 10.1. The van der Waals surface area contributed by atoms with Crippen molar-refractivity contribution in [1.82, 2.24) is 9.80 Å². The highest BCUT2D eigenvalue weighted by atomic mass is 16.5. The van der Waals surface area contributed by atoms with E-state index in [4.69, 9.17) is 14.6 Å². The largest absolute Gasteiger partial charge is 0.395 e. The van der Waals surface area contributed by atoms with Gasteiger partial charge in [-0.15, -0.1) is 0 Å². The number of nitrogens with zero attached hydrogens (tertiary/aromatic N) is 5. The highest BCUT2D eigenvalue weighted by Gasteiger charge is 2.20. The van der Waals surface area contributed by atoms with Crippen molar-refractivity contribution in [3.63, 3.8) is 0 Å². The Hall–Kier alpha value is -0.360. The van der Waals surface area contributed by atoms with Gasteiger partial charge in [0.05, 0.1) is 122 Å². The Labute approximate surface area is 281 Å². The highest BCUT2D eigenvalue weighted by molar-refractivity contribution is 4.60. The fraction of sp³-hybridized carbons (Fsp3) is 1.00. The first-order valence-electron chi connectivity index (χ1n) is 18.8. The standard InChI is InChI=1S/C7H16N.C6H13NO2.C6H14NO.C6H14N.C6H13N.C5H11N/c1-8(2)6-4-3-5-7-8;8-4-1-7-2-5-9-6-3-7;1-7(2)3-5-8-6-4-7;1-7(2)5-3-4-6-7;1-7-5-3-2-4-6-7;1-6-4-2-3-5-6/h3-7H2,1-2H3;8H,1-6H2;3-6H2,1-2H3;3-6H2,1-2H3;2-6H2,1H3;2-5H2,1H3/q+1;;2*+1;;/p+1. The summed E-state index contributed by atoms with van der Waals surface area (Å²) in [6, 6.07) is 0. The van der Waals surface area contributed by atoms with Crippen molar-refractivity contribution in [3.05, 3.63) is 0 Å². The lowest BCUT2D eigenvalue weighted by Crippen LogP contribution is -3.06. The molecule has 2 N–H and O–H groups in total. The third-order valence-corrected chi connectivity index (χ3v) is 10.0. The minimum absolute atomic E-state index is 0.264. The number of aliphatic hydroxyl groups excluding tert-OH is 1. The number of β-amino-alcohol motifs (C(OH)–C–C–N with tert-alkyl or cyclic N) is 1. The van der Waals surface area contributed by atoms with Gasteiger partial charge in [-0.3, -0.25) is 4.90 Å². The highest BCUT2D eigenvalue weighted by Crippen LogP contribution is 2.12. The van der Waals surface area contributed by atoms with E-state index >= 15 is 0 Å². The topological polar surface area (TPSA) is 49.6 Å². The van der Waals surface area contributed by atoms with Crippen LogP contribution in [0.3, 0.4) is 0 Å².